The minimum absolute atomic E-state index is 0.0443. The van der Waals surface area contributed by atoms with Crippen LogP contribution in [0.5, 0.6) is 0 Å². The van der Waals surface area contributed by atoms with Crippen molar-refractivity contribution in [3.63, 3.8) is 0 Å². The van der Waals surface area contributed by atoms with E-state index in [-0.39, 0.29) is 11.5 Å². The summed E-state index contributed by atoms with van der Waals surface area (Å²) in [5.41, 5.74) is 0. The summed E-state index contributed by atoms with van der Waals surface area (Å²) in [5.74, 6) is 0.0708. The number of hydrogen-bond acceptors (Lipinski definition) is 2. The Kier molecular flexibility index (Phi) is 3.17. The van der Waals surface area contributed by atoms with Crippen molar-refractivity contribution in [2.45, 2.75) is 11.8 Å². The Hall–Kier alpha value is -0.960. The Morgan fingerprint density at radius 1 is 1.33 bits per heavy atom. The molecule has 0 saturated carbocycles. The molecule has 0 aliphatic carbocycles. The first-order chi connectivity index (χ1) is 5.70. The zero-order valence-corrected chi connectivity index (χ0v) is 7.64. The Bertz CT molecular complexity index is 293. The third-order valence-corrected chi connectivity index (χ3v) is 2.81. The molecule has 0 fully saturated rings. The maximum atomic E-state index is 11.3. The lowest BCUT2D eigenvalue weighted by Crippen LogP contribution is -2.05. The van der Waals surface area contributed by atoms with Gasteiger partial charge in [-0.25, -0.2) is 0 Å². The molecule has 3 heteroatoms. The summed E-state index contributed by atoms with van der Waals surface area (Å²) in [6.07, 6.45) is 0. The molecule has 0 amide bonds. The molecular formula is C9H10O2S. The second-order valence-electron chi connectivity index (χ2n) is 2.50. The van der Waals surface area contributed by atoms with Gasteiger partial charge in [0.1, 0.15) is 5.78 Å². The number of rotatable bonds is 3. The predicted molar refractivity (Wildman–Crippen MR) is 48.4 cm³/mol. The van der Waals surface area contributed by atoms with Crippen LogP contribution in [0.15, 0.2) is 35.2 Å². The second kappa shape index (κ2) is 4.16. The second-order valence-corrected chi connectivity index (χ2v) is 3.96. The van der Waals surface area contributed by atoms with E-state index >= 15 is 0 Å². The summed E-state index contributed by atoms with van der Waals surface area (Å²) in [6, 6.07) is 9.01. The summed E-state index contributed by atoms with van der Waals surface area (Å²) in [6.45, 7) is 1.45. The average Bonchev–Trinajstić information content (AvgIpc) is 2.05. The maximum absolute atomic E-state index is 11.3. The summed E-state index contributed by atoms with van der Waals surface area (Å²) < 4.78 is 11.3. The molecule has 0 bridgehead atoms. The van der Waals surface area contributed by atoms with E-state index in [9.17, 15) is 9.00 Å². The van der Waals surface area contributed by atoms with Gasteiger partial charge in [-0.3, -0.25) is 9.00 Å². The topological polar surface area (TPSA) is 34.1 Å². The molecule has 0 aromatic heterocycles. The van der Waals surface area contributed by atoms with Gasteiger partial charge in [-0.1, -0.05) is 18.2 Å². The van der Waals surface area contributed by atoms with Crippen LogP contribution < -0.4 is 0 Å². The van der Waals surface area contributed by atoms with Gasteiger partial charge in [0.05, 0.1) is 16.6 Å². The van der Waals surface area contributed by atoms with Crippen molar-refractivity contribution in [3.05, 3.63) is 30.3 Å². The predicted octanol–water partition coefficient (Wildman–Crippen LogP) is 1.38. The van der Waals surface area contributed by atoms with Crippen molar-refractivity contribution >= 4 is 16.6 Å². The molecule has 0 saturated heterocycles. The van der Waals surface area contributed by atoms with Gasteiger partial charge in [-0.15, -0.1) is 0 Å². The molecule has 0 aliphatic rings. The zero-order chi connectivity index (χ0) is 8.97. The SMILES string of the molecule is CC(=O)C[S@](=O)c1ccccc1. The molecular weight excluding hydrogens is 172 g/mol. The molecule has 0 unspecified atom stereocenters. The highest BCUT2D eigenvalue weighted by atomic mass is 32.2. The first-order valence-electron chi connectivity index (χ1n) is 3.63. The van der Waals surface area contributed by atoms with Crippen LogP contribution in [0.1, 0.15) is 6.92 Å². The highest BCUT2D eigenvalue weighted by molar-refractivity contribution is 7.85. The van der Waals surface area contributed by atoms with E-state index in [1.54, 1.807) is 12.1 Å². The average molecular weight is 182 g/mol. The highest BCUT2D eigenvalue weighted by Crippen LogP contribution is 2.04. The standard InChI is InChI=1S/C9H10O2S/c1-8(10)7-12(11)9-5-3-2-4-6-9/h2-6H,7H2,1H3/t12-/m0/s1. The molecule has 64 valence electrons. The number of carbonyl (C=O) groups excluding carboxylic acids is 1. The molecule has 1 aromatic rings. The van der Waals surface area contributed by atoms with E-state index in [4.69, 9.17) is 0 Å². The van der Waals surface area contributed by atoms with Gasteiger partial charge in [0, 0.05) is 4.90 Å². The van der Waals surface area contributed by atoms with Crippen molar-refractivity contribution in [1.82, 2.24) is 0 Å². The smallest absolute Gasteiger partial charge is 0.142 e. The fourth-order valence-corrected chi connectivity index (χ4v) is 1.84. The van der Waals surface area contributed by atoms with E-state index in [1.807, 2.05) is 18.2 Å². The molecule has 0 aliphatic heterocycles. The first-order valence-corrected chi connectivity index (χ1v) is 4.95. The fraction of sp³-hybridized carbons (Fsp3) is 0.222. The number of carbonyl (C=O) groups is 1. The van der Waals surface area contributed by atoms with Crippen LogP contribution >= 0.6 is 0 Å². The number of hydrogen-bond donors (Lipinski definition) is 0. The Morgan fingerprint density at radius 3 is 2.42 bits per heavy atom. The third-order valence-electron chi connectivity index (χ3n) is 1.34. The Balaban J connectivity index is 2.73. The lowest BCUT2D eigenvalue weighted by molar-refractivity contribution is -0.114. The van der Waals surface area contributed by atoms with Crippen LogP contribution in [0, 0.1) is 0 Å². The normalized spacial score (nSPS) is 12.4. The largest absolute Gasteiger partial charge is 0.299 e. The number of Topliss-reactive ketones (excluding diaryl/α,β-unsaturated/α-hetero) is 1. The fourth-order valence-electron chi connectivity index (χ4n) is 0.840. The molecule has 0 heterocycles. The Labute approximate surface area is 74.1 Å². The Morgan fingerprint density at radius 2 is 1.92 bits per heavy atom. The van der Waals surface area contributed by atoms with Gasteiger partial charge in [-0.2, -0.15) is 0 Å². The van der Waals surface area contributed by atoms with E-state index in [0.717, 1.165) is 0 Å². The van der Waals surface area contributed by atoms with Crippen LogP contribution in [-0.4, -0.2) is 15.7 Å². The van der Waals surface area contributed by atoms with E-state index in [2.05, 4.69) is 0 Å². The lowest BCUT2D eigenvalue weighted by atomic mass is 10.4. The molecule has 12 heavy (non-hydrogen) atoms. The van der Waals surface area contributed by atoms with E-state index in [0.29, 0.717) is 4.90 Å². The van der Waals surface area contributed by atoms with Gasteiger partial charge >= 0.3 is 0 Å². The third kappa shape index (κ3) is 2.58. The summed E-state index contributed by atoms with van der Waals surface area (Å²) >= 11 is 0. The van der Waals surface area contributed by atoms with Crippen LogP contribution in [0.25, 0.3) is 0 Å². The van der Waals surface area contributed by atoms with Crippen LogP contribution in [-0.2, 0) is 15.6 Å². The van der Waals surface area contributed by atoms with Crippen molar-refractivity contribution in [1.29, 1.82) is 0 Å². The summed E-state index contributed by atoms with van der Waals surface area (Å²) in [5, 5.41) is 0. The number of ketones is 1. The van der Waals surface area contributed by atoms with Crippen molar-refractivity contribution in [2.75, 3.05) is 5.75 Å². The zero-order valence-electron chi connectivity index (χ0n) is 6.82. The van der Waals surface area contributed by atoms with Gasteiger partial charge in [-0.05, 0) is 19.1 Å². The van der Waals surface area contributed by atoms with Gasteiger partial charge in [0.15, 0.2) is 0 Å². The maximum Gasteiger partial charge on any atom is 0.142 e. The van der Waals surface area contributed by atoms with Crippen LogP contribution in [0.4, 0.5) is 0 Å². The van der Waals surface area contributed by atoms with Gasteiger partial charge in [0.2, 0.25) is 0 Å². The van der Waals surface area contributed by atoms with Crippen LogP contribution in [0.2, 0.25) is 0 Å². The quantitative estimate of drug-likeness (QED) is 0.707. The van der Waals surface area contributed by atoms with E-state index < -0.39 is 10.8 Å². The minimum Gasteiger partial charge on any atom is -0.299 e. The molecule has 2 nitrogen and oxygen atoms in total. The summed E-state index contributed by atoms with van der Waals surface area (Å²) in [7, 11) is -1.16. The van der Waals surface area contributed by atoms with Gasteiger partial charge in [0.25, 0.3) is 0 Å². The van der Waals surface area contributed by atoms with Gasteiger partial charge < -0.3 is 0 Å². The molecule has 0 spiro atoms. The lowest BCUT2D eigenvalue weighted by Gasteiger charge is -1.97. The van der Waals surface area contributed by atoms with E-state index in [1.165, 1.54) is 6.92 Å². The molecule has 1 atom stereocenters. The monoisotopic (exact) mass is 182 g/mol. The molecule has 1 rings (SSSR count). The van der Waals surface area contributed by atoms with Crippen molar-refractivity contribution in [3.8, 4) is 0 Å². The minimum atomic E-state index is -1.16. The molecule has 1 aromatic carbocycles. The van der Waals surface area contributed by atoms with Crippen LogP contribution in [0.3, 0.4) is 0 Å². The first kappa shape index (κ1) is 9.13. The summed E-state index contributed by atoms with van der Waals surface area (Å²) in [4.78, 5) is 11.3. The van der Waals surface area contributed by atoms with Crippen molar-refractivity contribution < 1.29 is 9.00 Å². The number of benzene rings is 1. The van der Waals surface area contributed by atoms with Crippen molar-refractivity contribution in [2.24, 2.45) is 0 Å². The molecule has 0 radical (unpaired) electrons. The molecule has 0 N–H and O–H groups in total. The highest BCUT2D eigenvalue weighted by Gasteiger charge is 2.04.